The molecule has 2 aromatic heterocycles. The van der Waals surface area contributed by atoms with Crippen LogP contribution in [0.2, 0.25) is 0 Å². The van der Waals surface area contributed by atoms with E-state index >= 15 is 0 Å². The molecular weight excluding hydrogens is 376 g/mol. The number of ether oxygens (including phenoxy) is 2. The average molecular weight is 393 g/mol. The molecule has 0 saturated carbocycles. The fourth-order valence-electron chi connectivity index (χ4n) is 4.11. The second-order valence-electron chi connectivity index (χ2n) is 6.96. The number of hydrogen-bond acceptors (Lipinski definition) is 6. The summed E-state index contributed by atoms with van der Waals surface area (Å²) in [5.74, 6) is -0.438. The van der Waals surface area contributed by atoms with Crippen molar-refractivity contribution < 1.29 is 23.9 Å². The first-order chi connectivity index (χ1) is 14.1. The number of H-pyrrole nitrogens is 1. The highest BCUT2D eigenvalue weighted by atomic mass is 19.1. The van der Waals surface area contributed by atoms with Gasteiger partial charge in [-0.25, -0.2) is 9.37 Å². The summed E-state index contributed by atoms with van der Waals surface area (Å²) >= 11 is 0. The van der Waals surface area contributed by atoms with Gasteiger partial charge in [-0.2, -0.15) is 5.10 Å². The van der Waals surface area contributed by atoms with E-state index in [-0.39, 0.29) is 11.2 Å². The molecule has 0 spiro atoms. The van der Waals surface area contributed by atoms with Crippen molar-refractivity contribution in [3.05, 3.63) is 47.4 Å². The van der Waals surface area contributed by atoms with Crippen LogP contribution in [0, 0.1) is 5.82 Å². The topological polar surface area (TPSA) is 100 Å². The van der Waals surface area contributed by atoms with Gasteiger partial charge in [-0.1, -0.05) is 0 Å². The number of aromatic nitrogens is 3. The molecule has 0 saturated heterocycles. The van der Waals surface area contributed by atoms with Crippen LogP contribution in [-0.4, -0.2) is 46.1 Å². The van der Waals surface area contributed by atoms with Gasteiger partial charge in [0.15, 0.2) is 0 Å². The maximum Gasteiger partial charge on any atom is 0.492 e. The van der Waals surface area contributed by atoms with Crippen LogP contribution in [0.25, 0.3) is 33.1 Å². The molecule has 0 aliphatic carbocycles. The number of fused-ring (bicyclic) bond motifs is 5. The summed E-state index contributed by atoms with van der Waals surface area (Å²) in [4.78, 5) is 4.81. The van der Waals surface area contributed by atoms with Gasteiger partial charge < -0.3 is 19.5 Å². The summed E-state index contributed by atoms with van der Waals surface area (Å²) < 4.78 is 25.5. The lowest BCUT2D eigenvalue weighted by Gasteiger charge is -2.23. The van der Waals surface area contributed by atoms with Crippen molar-refractivity contribution in [1.29, 1.82) is 0 Å². The summed E-state index contributed by atoms with van der Waals surface area (Å²) in [6.45, 7) is 0.888. The third kappa shape index (κ3) is 2.78. The maximum absolute atomic E-state index is 14.4. The zero-order valence-corrected chi connectivity index (χ0v) is 15.6. The van der Waals surface area contributed by atoms with E-state index in [2.05, 4.69) is 10.2 Å². The molecule has 1 aliphatic rings. The number of nitrogens with one attached hydrogen (secondary N) is 1. The Morgan fingerprint density at radius 2 is 2.10 bits per heavy atom. The van der Waals surface area contributed by atoms with Gasteiger partial charge in [0, 0.05) is 27.4 Å². The molecule has 2 aromatic carbocycles. The highest BCUT2D eigenvalue weighted by Crippen LogP contribution is 2.39. The lowest BCUT2D eigenvalue weighted by Crippen LogP contribution is -2.32. The first-order valence-corrected chi connectivity index (χ1v) is 9.17. The third-order valence-corrected chi connectivity index (χ3v) is 5.35. The molecule has 7 nitrogen and oxygen atoms in total. The molecule has 0 bridgehead atoms. The SMILES string of the molecule is COc1c(B(O)O)cc(F)cc1-c1nc2ccc3[nH]ncc3c2c2c1COCC2. The molecule has 1 aliphatic heterocycles. The number of rotatable bonds is 3. The van der Waals surface area contributed by atoms with Gasteiger partial charge in [0.2, 0.25) is 0 Å². The Balaban J connectivity index is 1.89. The largest absolute Gasteiger partial charge is 0.496 e. The van der Waals surface area contributed by atoms with Gasteiger partial charge in [-0.3, -0.25) is 5.10 Å². The first-order valence-electron chi connectivity index (χ1n) is 9.17. The van der Waals surface area contributed by atoms with Crippen molar-refractivity contribution in [2.75, 3.05) is 13.7 Å². The zero-order chi connectivity index (χ0) is 20.1. The standard InChI is InChI=1S/C20H17BFN3O4/c1-28-20-12(6-10(22)7-15(20)21(26)27)19-14-9-29-5-4-11(14)18-13-8-23-25-16(13)2-3-17(18)24-19/h2-3,6-8,26-27H,4-5,9H2,1H3,(H,23,25). The van der Waals surface area contributed by atoms with Gasteiger partial charge >= 0.3 is 7.12 Å². The van der Waals surface area contributed by atoms with Crippen molar-refractivity contribution in [3.8, 4) is 17.0 Å². The van der Waals surface area contributed by atoms with Crippen LogP contribution in [-0.2, 0) is 17.8 Å². The first kappa shape index (κ1) is 18.1. The Morgan fingerprint density at radius 3 is 2.90 bits per heavy atom. The summed E-state index contributed by atoms with van der Waals surface area (Å²) in [6, 6.07) is 6.14. The lowest BCUT2D eigenvalue weighted by molar-refractivity contribution is 0.111. The predicted octanol–water partition coefficient (Wildman–Crippen LogP) is 1.68. The van der Waals surface area contributed by atoms with Crippen molar-refractivity contribution in [3.63, 3.8) is 0 Å². The molecule has 0 unspecified atom stereocenters. The Hall–Kier alpha value is -3.01. The molecule has 3 N–H and O–H groups in total. The number of nitrogens with zero attached hydrogens (tertiary/aromatic N) is 2. The molecule has 29 heavy (non-hydrogen) atoms. The number of methoxy groups -OCH3 is 1. The Labute approximate surface area is 165 Å². The average Bonchev–Trinajstić information content (AvgIpc) is 3.21. The summed E-state index contributed by atoms with van der Waals surface area (Å²) in [7, 11) is -0.473. The number of pyridine rings is 1. The molecule has 0 amide bonds. The van der Waals surface area contributed by atoms with E-state index in [4.69, 9.17) is 14.5 Å². The van der Waals surface area contributed by atoms with E-state index in [1.165, 1.54) is 13.2 Å². The van der Waals surface area contributed by atoms with Gasteiger partial charge in [-0.05, 0) is 36.2 Å². The van der Waals surface area contributed by atoms with E-state index in [0.717, 1.165) is 39.0 Å². The molecule has 146 valence electrons. The minimum atomic E-state index is -1.88. The van der Waals surface area contributed by atoms with Crippen molar-refractivity contribution in [2.45, 2.75) is 13.0 Å². The molecule has 5 rings (SSSR count). The van der Waals surface area contributed by atoms with Crippen LogP contribution in [0.3, 0.4) is 0 Å². The molecule has 3 heterocycles. The number of aromatic amines is 1. The second kappa shape index (κ2) is 6.80. The van der Waals surface area contributed by atoms with E-state index in [9.17, 15) is 14.4 Å². The second-order valence-corrected chi connectivity index (χ2v) is 6.96. The van der Waals surface area contributed by atoms with E-state index in [1.807, 2.05) is 12.1 Å². The van der Waals surface area contributed by atoms with E-state index in [0.29, 0.717) is 30.9 Å². The Kier molecular flexibility index (Phi) is 4.23. The normalized spacial score (nSPS) is 13.7. The summed E-state index contributed by atoms with van der Waals surface area (Å²) in [5.41, 5.74) is 4.36. The number of benzene rings is 2. The van der Waals surface area contributed by atoms with Gasteiger partial charge in [0.1, 0.15) is 11.6 Å². The molecule has 9 heteroatoms. The number of hydrogen-bond donors (Lipinski definition) is 3. The van der Waals surface area contributed by atoms with E-state index < -0.39 is 12.9 Å². The van der Waals surface area contributed by atoms with Crippen LogP contribution >= 0.6 is 0 Å². The third-order valence-electron chi connectivity index (χ3n) is 5.35. The maximum atomic E-state index is 14.4. The molecule has 4 aromatic rings. The fraction of sp³-hybridized carbons (Fsp3) is 0.200. The highest BCUT2D eigenvalue weighted by Gasteiger charge is 2.27. The van der Waals surface area contributed by atoms with Crippen LogP contribution < -0.4 is 10.2 Å². The monoisotopic (exact) mass is 393 g/mol. The minimum Gasteiger partial charge on any atom is -0.496 e. The smallest absolute Gasteiger partial charge is 0.492 e. The van der Waals surface area contributed by atoms with Gasteiger partial charge in [0.05, 0.1) is 43.2 Å². The molecule has 0 fully saturated rings. The van der Waals surface area contributed by atoms with Crippen LogP contribution in [0.1, 0.15) is 11.1 Å². The van der Waals surface area contributed by atoms with Crippen LogP contribution in [0.15, 0.2) is 30.5 Å². The number of halogens is 1. The summed E-state index contributed by atoms with van der Waals surface area (Å²) in [6.07, 6.45) is 2.45. The molecular formula is C20H17BFN3O4. The zero-order valence-electron chi connectivity index (χ0n) is 15.6. The van der Waals surface area contributed by atoms with Crippen molar-refractivity contribution in [2.24, 2.45) is 0 Å². The highest BCUT2D eigenvalue weighted by molar-refractivity contribution is 6.60. The Bertz CT molecular complexity index is 1260. The van der Waals surface area contributed by atoms with Crippen LogP contribution in [0.5, 0.6) is 5.75 Å². The van der Waals surface area contributed by atoms with Crippen LogP contribution in [0.4, 0.5) is 4.39 Å². The quantitative estimate of drug-likeness (QED) is 0.458. The molecule has 0 radical (unpaired) electrons. The van der Waals surface area contributed by atoms with Crippen molar-refractivity contribution >= 4 is 34.4 Å². The van der Waals surface area contributed by atoms with Gasteiger partial charge in [-0.15, -0.1) is 0 Å². The lowest BCUT2D eigenvalue weighted by atomic mass is 9.77. The minimum absolute atomic E-state index is 0.0554. The molecule has 0 atom stereocenters. The fourth-order valence-corrected chi connectivity index (χ4v) is 4.11. The van der Waals surface area contributed by atoms with E-state index in [1.54, 1.807) is 6.20 Å². The van der Waals surface area contributed by atoms with Gasteiger partial charge in [0.25, 0.3) is 0 Å². The Morgan fingerprint density at radius 1 is 1.24 bits per heavy atom. The van der Waals surface area contributed by atoms with Crippen molar-refractivity contribution in [1.82, 2.24) is 15.2 Å². The summed E-state index contributed by atoms with van der Waals surface area (Å²) in [5, 5.41) is 28.5. The predicted molar refractivity (Wildman–Crippen MR) is 107 cm³/mol.